The van der Waals surface area contributed by atoms with Crippen molar-refractivity contribution in [2.75, 3.05) is 0 Å². The van der Waals surface area contributed by atoms with Crippen molar-refractivity contribution in [2.24, 2.45) is 5.73 Å². The molecule has 1 aromatic heterocycles. The van der Waals surface area contributed by atoms with Gasteiger partial charge in [0.1, 0.15) is 0 Å². The first-order valence-corrected chi connectivity index (χ1v) is 5.14. The summed E-state index contributed by atoms with van der Waals surface area (Å²) in [4.78, 5) is 4.07. The number of nitrogens with zero attached hydrogens (tertiary/aromatic N) is 1. The molecule has 3 heteroatoms. The Hall–Kier alpha value is -0.930. The number of aromatic nitrogens is 1. The Labute approximate surface area is 84.7 Å². The van der Waals surface area contributed by atoms with Crippen molar-refractivity contribution in [3.63, 3.8) is 0 Å². The lowest BCUT2D eigenvalue weighted by Crippen LogP contribution is -2.48. The molecule has 0 bridgehead atoms. The van der Waals surface area contributed by atoms with Crippen LogP contribution < -0.4 is 11.1 Å². The van der Waals surface area contributed by atoms with Crippen LogP contribution in [0.2, 0.25) is 0 Å². The van der Waals surface area contributed by atoms with Crippen LogP contribution in [-0.4, -0.2) is 17.1 Å². The summed E-state index contributed by atoms with van der Waals surface area (Å²) >= 11 is 0. The molecule has 0 aliphatic heterocycles. The third-order valence-corrected chi connectivity index (χ3v) is 2.89. The van der Waals surface area contributed by atoms with E-state index < -0.39 is 0 Å². The number of pyridine rings is 1. The van der Waals surface area contributed by atoms with Crippen LogP contribution in [-0.2, 0) is 6.54 Å². The molecule has 0 amide bonds. The Bertz CT molecular complexity index is 305. The van der Waals surface area contributed by atoms with Gasteiger partial charge in [-0.25, -0.2) is 0 Å². The van der Waals surface area contributed by atoms with Gasteiger partial charge in [-0.3, -0.25) is 4.98 Å². The number of hydrogen-bond donors (Lipinski definition) is 2. The zero-order valence-electron chi connectivity index (χ0n) is 8.53. The minimum Gasteiger partial charge on any atom is -0.328 e. The quantitative estimate of drug-likeness (QED) is 0.748. The van der Waals surface area contributed by atoms with Crippen molar-refractivity contribution in [3.05, 3.63) is 29.6 Å². The SMILES string of the molecule is Cc1cnccc1CNC1CC(N)C1. The average molecular weight is 191 g/mol. The number of hydrogen-bond acceptors (Lipinski definition) is 3. The fourth-order valence-electron chi connectivity index (χ4n) is 1.78. The van der Waals surface area contributed by atoms with Gasteiger partial charge in [0, 0.05) is 31.0 Å². The predicted molar refractivity (Wildman–Crippen MR) is 56.8 cm³/mol. The van der Waals surface area contributed by atoms with Gasteiger partial charge in [-0.2, -0.15) is 0 Å². The van der Waals surface area contributed by atoms with Gasteiger partial charge < -0.3 is 11.1 Å². The molecule has 14 heavy (non-hydrogen) atoms. The highest BCUT2D eigenvalue weighted by molar-refractivity contribution is 5.21. The molecular weight excluding hydrogens is 174 g/mol. The first-order valence-electron chi connectivity index (χ1n) is 5.14. The van der Waals surface area contributed by atoms with Crippen LogP contribution in [0.15, 0.2) is 18.5 Å². The van der Waals surface area contributed by atoms with Crippen molar-refractivity contribution >= 4 is 0 Å². The van der Waals surface area contributed by atoms with Crippen LogP contribution in [0.3, 0.4) is 0 Å². The van der Waals surface area contributed by atoms with Crippen molar-refractivity contribution in [1.82, 2.24) is 10.3 Å². The van der Waals surface area contributed by atoms with Crippen LogP contribution in [0, 0.1) is 6.92 Å². The maximum absolute atomic E-state index is 5.72. The summed E-state index contributed by atoms with van der Waals surface area (Å²) in [7, 11) is 0. The number of rotatable bonds is 3. The average Bonchev–Trinajstić information content (AvgIpc) is 2.13. The standard InChI is InChI=1S/C11H17N3/c1-8-6-13-3-2-9(8)7-14-11-4-10(12)5-11/h2-3,6,10-11,14H,4-5,7,12H2,1H3. The number of nitrogens with one attached hydrogen (secondary N) is 1. The molecule has 0 unspecified atom stereocenters. The van der Waals surface area contributed by atoms with Crippen LogP contribution >= 0.6 is 0 Å². The lowest BCUT2D eigenvalue weighted by atomic mass is 9.87. The fraction of sp³-hybridized carbons (Fsp3) is 0.545. The molecule has 0 atom stereocenters. The maximum atomic E-state index is 5.72. The van der Waals surface area contributed by atoms with E-state index in [1.807, 2.05) is 12.4 Å². The number of nitrogens with two attached hydrogens (primary N) is 1. The minimum absolute atomic E-state index is 0.422. The number of aryl methyl sites for hydroxylation is 1. The fourth-order valence-corrected chi connectivity index (χ4v) is 1.78. The van der Waals surface area contributed by atoms with E-state index in [9.17, 15) is 0 Å². The van der Waals surface area contributed by atoms with Crippen LogP contribution in [0.5, 0.6) is 0 Å². The van der Waals surface area contributed by atoms with E-state index >= 15 is 0 Å². The topological polar surface area (TPSA) is 50.9 Å². The van der Waals surface area contributed by atoms with Crippen molar-refractivity contribution in [3.8, 4) is 0 Å². The summed E-state index contributed by atoms with van der Waals surface area (Å²) in [6.45, 7) is 3.03. The third-order valence-electron chi connectivity index (χ3n) is 2.89. The van der Waals surface area contributed by atoms with Gasteiger partial charge in [-0.05, 0) is 37.0 Å². The molecule has 0 aromatic carbocycles. The van der Waals surface area contributed by atoms with E-state index in [0.29, 0.717) is 12.1 Å². The second kappa shape index (κ2) is 4.07. The highest BCUT2D eigenvalue weighted by Crippen LogP contribution is 2.18. The highest BCUT2D eigenvalue weighted by atomic mass is 14.9. The molecule has 1 aromatic rings. The molecule has 3 N–H and O–H groups in total. The minimum atomic E-state index is 0.422. The second-order valence-corrected chi connectivity index (χ2v) is 4.11. The van der Waals surface area contributed by atoms with Crippen LogP contribution in [0.4, 0.5) is 0 Å². The van der Waals surface area contributed by atoms with Gasteiger partial charge in [0.2, 0.25) is 0 Å². The molecule has 0 saturated heterocycles. The van der Waals surface area contributed by atoms with Gasteiger partial charge in [0.15, 0.2) is 0 Å². The van der Waals surface area contributed by atoms with E-state index in [1.165, 1.54) is 11.1 Å². The molecule has 3 nitrogen and oxygen atoms in total. The van der Waals surface area contributed by atoms with E-state index in [2.05, 4.69) is 23.3 Å². The van der Waals surface area contributed by atoms with Crippen LogP contribution in [0.25, 0.3) is 0 Å². The summed E-state index contributed by atoms with van der Waals surface area (Å²) < 4.78 is 0. The summed E-state index contributed by atoms with van der Waals surface area (Å²) in [6, 6.07) is 3.12. The third kappa shape index (κ3) is 2.11. The second-order valence-electron chi connectivity index (χ2n) is 4.11. The van der Waals surface area contributed by atoms with E-state index in [0.717, 1.165) is 19.4 Å². The summed E-state index contributed by atoms with van der Waals surface area (Å²) in [5, 5.41) is 3.50. The molecule has 1 aliphatic carbocycles. The first-order chi connectivity index (χ1) is 6.75. The summed E-state index contributed by atoms with van der Waals surface area (Å²) in [6.07, 6.45) is 5.98. The molecular formula is C11H17N3. The van der Waals surface area contributed by atoms with Crippen LogP contribution in [0.1, 0.15) is 24.0 Å². The smallest absolute Gasteiger partial charge is 0.0300 e. The zero-order chi connectivity index (χ0) is 9.97. The molecule has 76 valence electrons. The Morgan fingerprint density at radius 1 is 1.57 bits per heavy atom. The maximum Gasteiger partial charge on any atom is 0.0300 e. The van der Waals surface area contributed by atoms with E-state index in [-0.39, 0.29) is 0 Å². The predicted octanol–water partition coefficient (Wildman–Crippen LogP) is 0.969. The molecule has 1 aliphatic rings. The Morgan fingerprint density at radius 3 is 3.00 bits per heavy atom. The molecule has 1 heterocycles. The molecule has 0 radical (unpaired) electrons. The molecule has 0 spiro atoms. The Morgan fingerprint density at radius 2 is 2.36 bits per heavy atom. The monoisotopic (exact) mass is 191 g/mol. The normalized spacial score (nSPS) is 25.9. The van der Waals surface area contributed by atoms with Crippen molar-refractivity contribution in [2.45, 2.75) is 38.4 Å². The van der Waals surface area contributed by atoms with Gasteiger partial charge >= 0.3 is 0 Å². The highest BCUT2D eigenvalue weighted by Gasteiger charge is 2.24. The van der Waals surface area contributed by atoms with Gasteiger partial charge in [0.05, 0.1) is 0 Å². The summed E-state index contributed by atoms with van der Waals surface area (Å²) in [5.41, 5.74) is 8.30. The van der Waals surface area contributed by atoms with Crippen molar-refractivity contribution in [1.29, 1.82) is 0 Å². The Balaban J connectivity index is 1.83. The largest absolute Gasteiger partial charge is 0.328 e. The molecule has 1 saturated carbocycles. The lowest BCUT2D eigenvalue weighted by molar-refractivity contribution is 0.290. The van der Waals surface area contributed by atoms with E-state index in [4.69, 9.17) is 5.73 Å². The Kier molecular flexibility index (Phi) is 2.79. The van der Waals surface area contributed by atoms with Crippen molar-refractivity contribution < 1.29 is 0 Å². The zero-order valence-corrected chi connectivity index (χ0v) is 8.53. The lowest BCUT2D eigenvalue weighted by Gasteiger charge is -2.33. The summed E-state index contributed by atoms with van der Waals surface area (Å²) in [5.74, 6) is 0. The van der Waals surface area contributed by atoms with Gasteiger partial charge in [0.25, 0.3) is 0 Å². The first kappa shape index (κ1) is 9.62. The van der Waals surface area contributed by atoms with E-state index in [1.54, 1.807) is 0 Å². The van der Waals surface area contributed by atoms with Gasteiger partial charge in [-0.1, -0.05) is 0 Å². The van der Waals surface area contributed by atoms with Gasteiger partial charge in [-0.15, -0.1) is 0 Å². The molecule has 1 fully saturated rings. The molecule has 2 rings (SSSR count).